The van der Waals surface area contributed by atoms with Crippen LogP contribution in [0.3, 0.4) is 0 Å². The van der Waals surface area contributed by atoms with Crippen LogP contribution in [0.5, 0.6) is 0 Å². The molecule has 2 unspecified atom stereocenters. The largest absolute Gasteiger partial charge is 0.342 e. The normalized spacial score (nSPS) is 20.6. The Morgan fingerprint density at radius 3 is 2.76 bits per heavy atom. The van der Waals surface area contributed by atoms with Gasteiger partial charge >= 0.3 is 4.87 Å². The molecule has 2 rings (SSSR count). The van der Waals surface area contributed by atoms with E-state index in [1.165, 1.54) is 11.3 Å². The predicted octanol–water partition coefficient (Wildman–Crippen LogP) is 1.50. The predicted molar refractivity (Wildman–Crippen MR) is 85.6 cm³/mol. The molecule has 0 spiro atoms. The lowest BCUT2D eigenvalue weighted by Gasteiger charge is -2.34. The maximum Gasteiger partial charge on any atom is 0.307 e. The lowest BCUT2D eigenvalue weighted by atomic mass is 9.92. The monoisotopic (exact) mass is 311 g/mol. The van der Waals surface area contributed by atoms with Gasteiger partial charge in [0.05, 0.1) is 0 Å². The van der Waals surface area contributed by atoms with Gasteiger partial charge in [-0.3, -0.25) is 9.59 Å². The quantitative estimate of drug-likeness (QED) is 0.916. The lowest BCUT2D eigenvalue weighted by Crippen LogP contribution is -2.45. The summed E-state index contributed by atoms with van der Waals surface area (Å²) in [6, 6.07) is 0.130. The number of hydrogen-bond acceptors (Lipinski definition) is 4. The van der Waals surface area contributed by atoms with Crippen molar-refractivity contribution < 1.29 is 4.79 Å². The first-order valence-corrected chi connectivity index (χ1v) is 8.42. The molecule has 1 aliphatic heterocycles. The van der Waals surface area contributed by atoms with Crippen molar-refractivity contribution in [3.05, 3.63) is 20.2 Å². The van der Waals surface area contributed by atoms with Crippen LogP contribution in [-0.4, -0.2) is 34.5 Å². The van der Waals surface area contributed by atoms with E-state index < -0.39 is 0 Å². The average molecular weight is 311 g/mol. The van der Waals surface area contributed by atoms with E-state index in [9.17, 15) is 9.59 Å². The summed E-state index contributed by atoms with van der Waals surface area (Å²) in [5.74, 6) is 0.533. The number of nitrogens with two attached hydrogens (primary N) is 1. The van der Waals surface area contributed by atoms with Crippen LogP contribution < -0.4 is 10.6 Å². The number of hydrogen-bond donors (Lipinski definition) is 1. The maximum atomic E-state index is 12.3. The van der Waals surface area contributed by atoms with E-state index in [1.54, 1.807) is 4.57 Å². The molecule has 1 aromatic heterocycles. The molecule has 1 amide bonds. The Morgan fingerprint density at radius 1 is 1.48 bits per heavy atom. The molecule has 1 aliphatic rings. The maximum absolute atomic E-state index is 12.3. The summed E-state index contributed by atoms with van der Waals surface area (Å²) in [5.41, 5.74) is 6.93. The molecule has 5 nitrogen and oxygen atoms in total. The van der Waals surface area contributed by atoms with Gasteiger partial charge in [0.1, 0.15) is 0 Å². The molecule has 2 heterocycles. The molecular formula is C15H25N3O2S. The number of aryl methyl sites for hydroxylation is 1. The third-order valence-corrected chi connectivity index (χ3v) is 5.48. The summed E-state index contributed by atoms with van der Waals surface area (Å²) in [4.78, 5) is 27.1. The van der Waals surface area contributed by atoms with Crippen LogP contribution in [0, 0.1) is 19.8 Å². The fraction of sp³-hybridized carbons (Fsp3) is 0.733. The van der Waals surface area contributed by atoms with E-state index in [4.69, 9.17) is 5.73 Å². The highest BCUT2D eigenvalue weighted by atomic mass is 32.1. The van der Waals surface area contributed by atoms with Crippen LogP contribution in [0.2, 0.25) is 0 Å². The Bertz CT molecular complexity index is 562. The fourth-order valence-corrected chi connectivity index (χ4v) is 3.74. The zero-order valence-electron chi connectivity index (χ0n) is 13.1. The lowest BCUT2D eigenvalue weighted by molar-refractivity contribution is -0.133. The molecule has 1 saturated heterocycles. The van der Waals surface area contributed by atoms with Gasteiger partial charge in [0.25, 0.3) is 0 Å². The first-order valence-electron chi connectivity index (χ1n) is 7.60. The second-order valence-corrected chi connectivity index (χ2v) is 7.18. The highest BCUT2D eigenvalue weighted by molar-refractivity contribution is 7.09. The topological polar surface area (TPSA) is 68.3 Å². The molecule has 21 heavy (non-hydrogen) atoms. The van der Waals surface area contributed by atoms with Crippen molar-refractivity contribution >= 4 is 17.2 Å². The van der Waals surface area contributed by atoms with Crippen LogP contribution in [0.1, 0.15) is 36.8 Å². The van der Waals surface area contributed by atoms with Gasteiger partial charge in [-0.1, -0.05) is 11.3 Å². The smallest absolute Gasteiger partial charge is 0.307 e. The summed E-state index contributed by atoms with van der Waals surface area (Å²) in [6.45, 7) is 7.94. The van der Waals surface area contributed by atoms with E-state index >= 15 is 0 Å². The zero-order chi connectivity index (χ0) is 15.6. The molecule has 118 valence electrons. The highest BCUT2D eigenvalue weighted by Gasteiger charge is 2.25. The van der Waals surface area contributed by atoms with Gasteiger partial charge in [0.15, 0.2) is 0 Å². The number of amides is 1. The third kappa shape index (κ3) is 3.74. The minimum Gasteiger partial charge on any atom is -0.342 e. The molecule has 0 bridgehead atoms. The molecule has 1 fully saturated rings. The molecule has 0 saturated carbocycles. The number of rotatable bonds is 4. The van der Waals surface area contributed by atoms with Gasteiger partial charge in [-0.2, -0.15) is 0 Å². The molecule has 1 aromatic rings. The van der Waals surface area contributed by atoms with Crippen LogP contribution in [-0.2, 0) is 11.3 Å². The SMILES string of the molecule is Cc1sc(=O)n(CCC(=O)N2CCCC(C(C)N)C2)c1C. The standard InChI is InChI=1S/C15H25N3O2S/c1-10(16)13-5-4-7-17(9-13)14(19)6-8-18-11(2)12(3)21-15(18)20/h10,13H,4-9,16H2,1-3H3. The van der Waals surface area contributed by atoms with E-state index in [2.05, 4.69) is 0 Å². The Kier molecular flexibility index (Phi) is 5.22. The van der Waals surface area contributed by atoms with Gasteiger partial charge in [0, 0.05) is 42.7 Å². The Labute approximate surface area is 129 Å². The number of carbonyl (C=O) groups excluding carboxylic acids is 1. The van der Waals surface area contributed by atoms with Gasteiger partial charge in [-0.25, -0.2) is 0 Å². The first-order chi connectivity index (χ1) is 9.90. The van der Waals surface area contributed by atoms with Crippen molar-refractivity contribution in [2.24, 2.45) is 11.7 Å². The second kappa shape index (κ2) is 6.75. The molecule has 2 N–H and O–H groups in total. The first kappa shape index (κ1) is 16.2. The van der Waals surface area contributed by atoms with Crippen molar-refractivity contribution in [1.82, 2.24) is 9.47 Å². The van der Waals surface area contributed by atoms with Crippen LogP contribution in [0.25, 0.3) is 0 Å². The van der Waals surface area contributed by atoms with Crippen molar-refractivity contribution in [3.8, 4) is 0 Å². The van der Waals surface area contributed by atoms with E-state index in [-0.39, 0.29) is 16.8 Å². The van der Waals surface area contributed by atoms with Crippen LogP contribution >= 0.6 is 11.3 Å². The molecule has 0 aliphatic carbocycles. The fourth-order valence-electron chi connectivity index (χ4n) is 2.88. The molecule has 0 radical (unpaired) electrons. The molecule has 2 atom stereocenters. The van der Waals surface area contributed by atoms with E-state index in [1.807, 2.05) is 25.7 Å². The minimum atomic E-state index is 0.0323. The van der Waals surface area contributed by atoms with Gasteiger partial charge < -0.3 is 15.2 Å². The van der Waals surface area contributed by atoms with Crippen molar-refractivity contribution in [3.63, 3.8) is 0 Å². The number of piperidine rings is 1. The van der Waals surface area contributed by atoms with Gasteiger partial charge in [0.2, 0.25) is 5.91 Å². The molecular weight excluding hydrogens is 286 g/mol. The number of aromatic nitrogens is 1. The number of thiazole rings is 1. The van der Waals surface area contributed by atoms with Crippen molar-refractivity contribution in [1.29, 1.82) is 0 Å². The van der Waals surface area contributed by atoms with Crippen LogP contribution in [0.4, 0.5) is 0 Å². The second-order valence-electron chi connectivity index (χ2n) is 6.01. The Hall–Kier alpha value is -1.14. The number of nitrogens with zero attached hydrogens (tertiary/aromatic N) is 2. The molecule has 6 heteroatoms. The van der Waals surface area contributed by atoms with Crippen LogP contribution in [0.15, 0.2) is 4.79 Å². The van der Waals surface area contributed by atoms with Crippen molar-refractivity contribution in [2.75, 3.05) is 13.1 Å². The number of likely N-dealkylation sites (tertiary alicyclic amines) is 1. The Balaban J connectivity index is 1.94. The van der Waals surface area contributed by atoms with E-state index in [0.29, 0.717) is 18.9 Å². The van der Waals surface area contributed by atoms with E-state index in [0.717, 1.165) is 36.5 Å². The summed E-state index contributed by atoms with van der Waals surface area (Å²) < 4.78 is 1.71. The van der Waals surface area contributed by atoms with Gasteiger partial charge in [-0.15, -0.1) is 0 Å². The summed E-state index contributed by atoms with van der Waals surface area (Å²) >= 11 is 1.25. The Morgan fingerprint density at radius 2 is 2.19 bits per heavy atom. The minimum absolute atomic E-state index is 0.0323. The number of carbonyl (C=O) groups is 1. The zero-order valence-corrected chi connectivity index (χ0v) is 13.9. The summed E-state index contributed by atoms with van der Waals surface area (Å²) in [7, 11) is 0. The average Bonchev–Trinajstić information content (AvgIpc) is 2.70. The molecule has 0 aromatic carbocycles. The third-order valence-electron chi connectivity index (χ3n) is 4.48. The van der Waals surface area contributed by atoms with Crippen molar-refractivity contribution in [2.45, 2.75) is 52.6 Å². The highest BCUT2D eigenvalue weighted by Crippen LogP contribution is 2.19. The summed E-state index contributed by atoms with van der Waals surface area (Å²) in [6.07, 6.45) is 2.51. The summed E-state index contributed by atoms with van der Waals surface area (Å²) in [5, 5.41) is 0. The van der Waals surface area contributed by atoms with Gasteiger partial charge in [-0.05, 0) is 39.5 Å².